The van der Waals surface area contributed by atoms with Crippen LogP contribution in [-0.4, -0.2) is 17.1 Å². The first kappa shape index (κ1) is 18.1. The molecule has 0 saturated carbocycles. The van der Waals surface area contributed by atoms with Gasteiger partial charge in [0, 0.05) is 3.92 Å². The number of halogens is 1. The third kappa shape index (κ3) is 6.42. The monoisotopic (exact) mass is 424 g/mol. The minimum Gasteiger partial charge on any atom is -0.493 e. The van der Waals surface area contributed by atoms with E-state index in [9.17, 15) is 0 Å². The summed E-state index contributed by atoms with van der Waals surface area (Å²) >= 11 is 2.36. The smallest absolute Gasteiger partial charge is 0.119 e. The molecule has 0 heterocycles. The van der Waals surface area contributed by atoms with Crippen molar-refractivity contribution in [1.82, 2.24) is 0 Å². The topological polar surface area (TPSA) is 18.5 Å². The van der Waals surface area contributed by atoms with E-state index in [1.807, 2.05) is 24.3 Å². The van der Waals surface area contributed by atoms with Crippen molar-refractivity contribution >= 4 is 22.6 Å². The molecule has 23 heavy (non-hydrogen) atoms. The molecule has 2 rings (SSSR count). The Labute approximate surface area is 153 Å². The average Bonchev–Trinajstić information content (AvgIpc) is 2.51. The molecular weight excluding hydrogens is 399 g/mol. The van der Waals surface area contributed by atoms with Gasteiger partial charge in [0.2, 0.25) is 0 Å². The molecule has 0 aromatic heterocycles. The van der Waals surface area contributed by atoms with Gasteiger partial charge in [-0.3, -0.25) is 0 Å². The van der Waals surface area contributed by atoms with Crippen LogP contribution in [0.4, 0.5) is 0 Å². The Morgan fingerprint density at radius 1 is 0.913 bits per heavy atom. The largest absolute Gasteiger partial charge is 0.493 e. The molecule has 0 spiro atoms. The highest BCUT2D eigenvalue weighted by molar-refractivity contribution is 14.1. The fraction of sp³-hybridized carbons (Fsp3) is 0.400. The molecule has 0 fully saturated rings. The molecule has 0 aliphatic carbocycles. The molecular formula is C20H25IO2. The number of hydrogen-bond donors (Lipinski definition) is 0. The van der Waals surface area contributed by atoms with Crippen LogP contribution in [0.15, 0.2) is 48.5 Å². The lowest BCUT2D eigenvalue weighted by atomic mass is 9.98. The third-order valence-corrected chi connectivity index (χ3v) is 3.53. The van der Waals surface area contributed by atoms with Gasteiger partial charge in [0.15, 0.2) is 0 Å². The molecule has 2 aromatic carbocycles. The van der Waals surface area contributed by atoms with Crippen molar-refractivity contribution in [3.63, 3.8) is 0 Å². The maximum absolute atomic E-state index is 5.90. The summed E-state index contributed by atoms with van der Waals surface area (Å²) in [6, 6.07) is 16.5. The van der Waals surface area contributed by atoms with E-state index in [1.165, 1.54) is 5.56 Å². The molecule has 0 aliphatic rings. The maximum Gasteiger partial charge on any atom is 0.119 e. The minimum atomic E-state index is 0.158. The van der Waals surface area contributed by atoms with E-state index >= 15 is 0 Å². The van der Waals surface area contributed by atoms with Gasteiger partial charge in [-0.15, -0.1) is 0 Å². The lowest BCUT2D eigenvalue weighted by molar-refractivity contribution is 0.198. The second kappa shape index (κ2) is 8.04. The van der Waals surface area contributed by atoms with Crippen molar-refractivity contribution in [3.05, 3.63) is 48.5 Å². The van der Waals surface area contributed by atoms with Crippen LogP contribution in [0.25, 0.3) is 11.1 Å². The first-order chi connectivity index (χ1) is 10.8. The Bertz CT molecular complexity index is 612. The summed E-state index contributed by atoms with van der Waals surface area (Å²) < 4.78 is 12.1. The molecule has 1 unspecified atom stereocenters. The highest BCUT2D eigenvalue weighted by Gasteiger charge is 2.11. The molecule has 0 amide bonds. The van der Waals surface area contributed by atoms with Crippen molar-refractivity contribution in [1.29, 1.82) is 0 Å². The predicted molar refractivity (Wildman–Crippen MR) is 106 cm³/mol. The molecule has 0 saturated heterocycles. The van der Waals surface area contributed by atoms with Gasteiger partial charge in [-0.25, -0.2) is 0 Å². The SMILES string of the molecule is CC(I)COc1ccc(-c2cccc(OCC(C)(C)C)c2)cc1. The quantitative estimate of drug-likeness (QED) is 0.420. The molecule has 2 nitrogen and oxygen atoms in total. The highest BCUT2D eigenvalue weighted by atomic mass is 127. The van der Waals surface area contributed by atoms with E-state index in [-0.39, 0.29) is 5.41 Å². The molecule has 0 radical (unpaired) electrons. The Balaban J connectivity index is 2.06. The van der Waals surface area contributed by atoms with Gasteiger partial charge in [0.25, 0.3) is 0 Å². The molecule has 2 aromatic rings. The zero-order chi connectivity index (χ0) is 16.9. The Morgan fingerprint density at radius 2 is 1.61 bits per heavy atom. The first-order valence-corrected chi connectivity index (χ1v) is 9.18. The predicted octanol–water partition coefficient (Wildman–Crippen LogP) is 5.98. The lowest BCUT2D eigenvalue weighted by Crippen LogP contribution is -2.16. The molecule has 3 heteroatoms. The van der Waals surface area contributed by atoms with Gasteiger partial charge >= 0.3 is 0 Å². The average molecular weight is 424 g/mol. The van der Waals surface area contributed by atoms with Crippen LogP contribution in [0.2, 0.25) is 0 Å². The highest BCUT2D eigenvalue weighted by Crippen LogP contribution is 2.27. The minimum absolute atomic E-state index is 0.158. The molecule has 0 aliphatic heterocycles. The molecule has 1 atom stereocenters. The fourth-order valence-corrected chi connectivity index (χ4v) is 2.20. The molecule has 0 N–H and O–H groups in total. The Hall–Kier alpha value is -1.23. The van der Waals surface area contributed by atoms with Gasteiger partial charge in [0.1, 0.15) is 11.5 Å². The van der Waals surface area contributed by atoms with Gasteiger partial charge < -0.3 is 9.47 Å². The van der Waals surface area contributed by atoms with Gasteiger partial charge in [-0.1, -0.05) is 74.6 Å². The summed E-state index contributed by atoms with van der Waals surface area (Å²) in [5, 5.41) is 0. The first-order valence-electron chi connectivity index (χ1n) is 7.94. The Morgan fingerprint density at radius 3 is 2.22 bits per heavy atom. The van der Waals surface area contributed by atoms with E-state index in [4.69, 9.17) is 9.47 Å². The van der Waals surface area contributed by atoms with Crippen LogP contribution in [0.1, 0.15) is 27.7 Å². The van der Waals surface area contributed by atoms with Crippen LogP contribution >= 0.6 is 22.6 Å². The van der Waals surface area contributed by atoms with E-state index < -0.39 is 0 Å². The van der Waals surface area contributed by atoms with Crippen LogP contribution in [0.3, 0.4) is 0 Å². The summed E-state index contributed by atoms with van der Waals surface area (Å²) in [5.74, 6) is 1.83. The van der Waals surface area contributed by atoms with Crippen LogP contribution in [-0.2, 0) is 0 Å². The van der Waals surface area contributed by atoms with E-state index in [1.54, 1.807) is 0 Å². The van der Waals surface area contributed by atoms with Gasteiger partial charge in [0.05, 0.1) is 13.2 Å². The second-order valence-electron chi connectivity index (χ2n) is 6.99. The van der Waals surface area contributed by atoms with Gasteiger partial charge in [-0.05, 0) is 40.8 Å². The summed E-state index contributed by atoms with van der Waals surface area (Å²) in [6.45, 7) is 10.1. The van der Waals surface area contributed by atoms with Crippen LogP contribution < -0.4 is 9.47 Å². The zero-order valence-corrected chi connectivity index (χ0v) is 16.5. The van der Waals surface area contributed by atoms with Crippen molar-refractivity contribution < 1.29 is 9.47 Å². The fourth-order valence-electron chi connectivity index (χ4n) is 2.02. The molecule has 124 valence electrons. The maximum atomic E-state index is 5.90. The van der Waals surface area contributed by atoms with Crippen molar-refractivity contribution in [2.24, 2.45) is 5.41 Å². The van der Waals surface area contributed by atoms with Crippen LogP contribution in [0.5, 0.6) is 11.5 Å². The number of hydrogen-bond acceptors (Lipinski definition) is 2. The third-order valence-electron chi connectivity index (χ3n) is 3.17. The number of rotatable bonds is 6. The summed E-state index contributed by atoms with van der Waals surface area (Å²) in [7, 11) is 0. The van der Waals surface area contributed by atoms with E-state index in [0.29, 0.717) is 10.5 Å². The lowest BCUT2D eigenvalue weighted by Gasteiger charge is -2.19. The number of alkyl halides is 1. The van der Waals surface area contributed by atoms with Crippen LogP contribution in [0, 0.1) is 5.41 Å². The number of ether oxygens (including phenoxy) is 2. The summed E-state index contributed by atoms with van der Waals surface area (Å²) in [6.07, 6.45) is 0. The number of benzene rings is 2. The zero-order valence-electron chi connectivity index (χ0n) is 14.3. The molecule has 0 bridgehead atoms. The summed E-state index contributed by atoms with van der Waals surface area (Å²) in [4.78, 5) is 0. The normalized spacial score (nSPS) is 12.7. The standard InChI is InChI=1S/C20H25IO2/c1-15(21)13-22-18-10-8-16(9-11-18)17-6-5-7-19(12-17)23-14-20(2,3)4/h5-12,15H,13-14H2,1-4H3. The van der Waals surface area contributed by atoms with E-state index in [2.05, 4.69) is 74.6 Å². The van der Waals surface area contributed by atoms with Crippen molar-refractivity contribution in [2.45, 2.75) is 31.6 Å². The van der Waals surface area contributed by atoms with E-state index in [0.717, 1.165) is 23.7 Å². The second-order valence-corrected chi connectivity index (χ2v) is 9.12. The van der Waals surface area contributed by atoms with Crippen molar-refractivity contribution in [2.75, 3.05) is 13.2 Å². The van der Waals surface area contributed by atoms with Gasteiger partial charge in [-0.2, -0.15) is 0 Å². The Kier molecular flexibility index (Phi) is 6.33. The van der Waals surface area contributed by atoms with Crippen molar-refractivity contribution in [3.8, 4) is 22.6 Å². The summed E-state index contributed by atoms with van der Waals surface area (Å²) in [5.41, 5.74) is 2.48.